The van der Waals surface area contributed by atoms with Gasteiger partial charge in [0.25, 0.3) is 0 Å². The molecule has 0 saturated heterocycles. The Morgan fingerprint density at radius 2 is 2.13 bits per heavy atom. The summed E-state index contributed by atoms with van der Waals surface area (Å²) in [5.74, 6) is 2.09. The van der Waals surface area contributed by atoms with Crippen LogP contribution in [0, 0.1) is 11.8 Å². The van der Waals surface area contributed by atoms with Gasteiger partial charge in [-0.3, -0.25) is 4.79 Å². The van der Waals surface area contributed by atoms with Crippen molar-refractivity contribution in [2.75, 3.05) is 11.5 Å². The molecule has 0 aromatic rings. The minimum absolute atomic E-state index is 0.0649. The molecule has 1 atom stereocenters. The van der Waals surface area contributed by atoms with Crippen LogP contribution in [0.3, 0.4) is 0 Å². The fraction of sp³-hybridized carbons (Fsp3) is 0.917. The Morgan fingerprint density at radius 1 is 1.47 bits per heavy atom. The summed E-state index contributed by atoms with van der Waals surface area (Å²) in [6.45, 7) is 2.15. The van der Waals surface area contributed by atoms with Crippen molar-refractivity contribution in [1.29, 1.82) is 0 Å². The third-order valence-electron chi connectivity index (χ3n) is 3.29. The molecule has 1 N–H and O–H groups in total. The highest BCUT2D eigenvalue weighted by atomic mass is 32.2. The van der Waals surface area contributed by atoms with E-state index < -0.39 is 5.97 Å². The predicted molar refractivity (Wildman–Crippen MR) is 65.3 cm³/mol. The summed E-state index contributed by atoms with van der Waals surface area (Å²) < 4.78 is 0. The summed E-state index contributed by atoms with van der Waals surface area (Å²) in [6, 6.07) is 0. The maximum atomic E-state index is 11.1. The summed E-state index contributed by atoms with van der Waals surface area (Å²) in [5, 5.41) is 9.18. The molecule has 0 spiro atoms. The Bertz CT molecular complexity index is 188. The topological polar surface area (TPSA) is 37.3 Å². The third kappa shape index (κ3) is 4.45. The van der Waals surface area contributed by atoms with Crippen LogP contribution in [-0.4, -0.2) is 22.6 Å². The van der Waals surface area contributed by atoms with E-state index in [1.165, 1.54) is 12.8 Å². The van der Waals surface area contributed by atoms with Gasteiger partial charge < -0.3 is 5.11 Å². The van der Waals surface area contributed by atoms with Gasteiger partial charge in [0.2, 0.25) is 0 Å². The molecule has 1 aliphatic carbocycles. The number of aliphatic carboxylic acids is 1. The van der Waals surface area contributed by atoms with Crippen LogP contribution in [0.4, 0.5) is 0 Å². The van der Waals surface area contributed by atoms with Crippen LogP contribution >= 0.6 is 11.8 Å². The number of carboxylic acids is 1. The number of rotatable bonds is 7. The second-order valence-electron chi connectivity index (χ2n) is 4.33. The molecule has 1 rings (SSSR count). The van der Waals surface area contributed by atoms with Crippen molar-refractivity contribution < 1.29 is 9.90 Å². The van der Waals surface area contributed by atoms with Gasteiger partial charge in [0.05, 0.1) is 5.92 Å². The van der Waals surface area contributed by atoms with E-state index in [1.807, 2.05) is 11.8 Å². The predicted octanol–water partition coefficient (Wildman–Crippen LogP) is 3.41. The van der Waals surface area contributed by atoms with E-state index in [0.717, 1.165) is 37.2 Å². The first-order chi connectivity index (χ1) is 7.25. The standard InChI is InChI=1S/C12H22O2S/c1-2-15-9-5-8-11(12(13)14)10-6-3-4-7-10/h10-11H,2-9H2,1H3,(H,13,14). The van der Waals surface area contributed by atoms with Crippen molar-refractivity contribution >= 4 is 17.7 Å². The fourth-order valence-electron chi connectivity index (χ4n) is 2.47. The summed E-state index contributed by atoms with van der Waals surface area (Å²) in [6.07, 6.45) is 6.69. The number of hydrogen-bond acceptors (Lipinski definition) is 2. The SMILES string of the molecule is CCSCCCC(C(=O)O)C1CCCC1. The number of hydrogen-bond donors (Lipinski definition) is 1. The van der Waals surface area contributed by atoms with Gasteiger partial charge in [0, 0.05) is 0 Å². The highest BCUT2D eigenvalue weighted by Crippen LogP contribution is 2.34. The molecule has 0 radical (unpaired) electrons. The highest BCUT2D eigenvalue weighted by Gasteiger charge is 2.29. The molecule has 15 heavy (non-hydrogen) atoms. The maximum absolute atomic E-state index is 11.1. The van der Waals surface area contributed by atoms with Crippen LogP contribution in [0.2, 0.25) is 0 Å². The Morgan fingerprint density at radius 3 is 2.67 bits per heavy atom. The number of carboxylic acid groups (broad SMARTS) is 1. The molecule has 1 saturated carbocycles. The molecule has 2 nitrogen and oxygen atoms in total. The molecule has 88 valence electrons. The van der Waals surface area contributed by atoms with Crippen LogP contribution in [0.15, 0.2) is 0 Å². The molecule has 0 bridgehead atoms. The molecule has 1 fully saturated rings. The number of carbonyl (C=O) groups is 1. The monoisotopic (exact) mass is 230 g/mol. The zero-order valence-electron chi connectivity index (χ0n) is 9.58. The Hall–Kier alpha value is -0.180. The van der Waals surface area contributed by atoms with E-state index in [0.29, 0.717) is 5.92 Å². The summed E-state index contributed by atoms with van der Waals surface area (Å²) >= 11 is 1.91. The van der Waals surface area contributed by atoms with Gasteiger partial charge in [-0.15, -0.1) is 0 Å². The average molecular weight is 230 g/mol. The van der Waals surface area contributed by atoms with E-state index in [9.17, 15) is 9.90 Å². The van der Waals surface area contributed by atoms with Gasteiger partial charge in [-0.25, -0.2) is 0 Å². The van der Waals surface area contributed by atoms with E-state index in [4.69, 9.17) is 0 Å². The van der Waals surface area contributed by atoms with Crippen molar-refractivity contribution in [1.82, 2.24) is 0 Å². The van der Waals surface area contributed by atoms with Crippen molar-refractivity contribution in [3.05, 3.63) is 0 Å². The highest BCUT2D eigenvalue weighted by molar-refractivity contribution is 7.99. The van der Waals surface area contributed by atoms with Gasteiger partial charge >= 0.3 is 5.97 Å². The lowest BCUT2D eigenvalue weighted by Crippen LogP contribution is -2.21. The van der Waals surface area contributed by atoms with Gasteiger partial charge in [0.1, 0.15) is 0 Å². The van der Waals surface area contributed by atoms with Gasteiger partial charge in [0.15, 0.2) is 0 Å². The first-order valence-electron chi connectivity index (χ1n) is 6.06. The molecule has 0 aromatic heterocycles. The second kappa shape index (κ2) is 7.15. The van der Waals surface area contributed by atoms with Crippen LogP contribution in [-0.2, 0) is 4.79 Å². The minimum atomic E-state index is -0.566. The molecule has 3 heteroatoms. The van der Waals surface area contributed by atoms with E-state index in [1.54, 1.807) is 0 Å². The minimum Gasteiger partial charge on any atom is -0.481 e. The quantitative estimate of drug-likeness (QED) is 0.681. The Labute approximate surface area is 96.8 Å². The van der Waals surface area contributed by atoms with Crippen LogP contribution in [0.5, 0.6) is 0 Å². The fourth-order valence-corrected chi connectivity index (χ4v) is 3.13. The largest absolute Gasteiger partial charge is 0.481 e. The zero-order valence-corrected chi connectivity index (χ0v) is 10.4. The first kappa shape index (κ1) is 12.9. The van der Waals surface area contributed by atoms with Crippen molar-refractivity contribution in [3.8, 4) is 0 Å². The van der Waals surface area contributed by atoms with Gasteiger partial charge in [-0.1, -0.05) is 19.8 Å². The molecular formula is C12H22O2S. The molecular weight excluding hydrogens is 208 g/mol. The smallest absolute Gasteiger partial charge is 0.306 e. The number of thioether (sulfide) groups is 1. The molecule has 0 aromatic carbocycles. The summed E-state index contributed by atoms with van der Waals surface area (Å²) in [4.78, 5) is 11.1. The summed E-state index contributed by atoms with van der Waals surface area (Å²) in [7, 11) is 0. The zero-order chi connectivity index (χ0) is 11.1. The third-order valence-corrected chi connectivity index (χ3v) is 4.28. The van der Waals surface area contributed by atoms with Gasteiger partial charge in [-0.2, -0.15) is 11.8 Å². The Balaban J connectivity index is 2.27. The first-order valence-corrected chi connectivity index (χ1v) is 7.21. The lowest BCUT2D eigenvalue weighted by atomic mass is 9.87. The lowest BCUT2D eigenvalue weighted by Gasteiger charge is -2.18. The molecule has 0 amide bonds. The molecule has 0 heterocycles. The van der Waals surface area contributed by atoms with Crippen LogP contribution < -0.4 is 0 Å². The second-order valence-corrected chi connectivity index (χ2v) is 5.72. The lowest BCUT2D eigenvalue weighted by molar-refractivity contribution is -0.143. The normalized spacial score (nSPS) is 19.3. The molecule has 1 aliphatic rings. The Kier molecular flexibility index (Phi) is 6.15. The van der Waals surface area contributed by atoms with Gasteiger partial charge in [-0.05, 0) is 43.1 Å². The summed E-state index contributed by atoms with van der Waals surface area (Å²) in [5.41, 5.74) is 0. The van der Waals surface area contributed by atoms with E-state index in [2.05, 4.69) is 6.92 Å². The maximum Gasteiger partial charge on any atom is 0.306 e. The average Bonchev–Trinajstić information content (AvgIpc) is 2.70. The van der Waals surface area contributed by atoms with E-state index in [-0.39, 0.29) is 5.92 Å². The van der Waals surface area contributed by atoms with Crippen molar-refractivity contribution in [2.24, 2.45) is 11.8 Å². The molecule has 1 unspecified atom stereocenters. The van der Waals surface area contributed by atoms with E-state index >= 15 is 0 Å². The van der Waals surface area contributed by atoms with Crippen molar-refractivity contribution in [2.45, 2.75) is 45.4 Å². The van der Waals surface area contributed by atoms with Crippen LogP contribution in [0.1, 0.15) is 45.4 Å². The van der Waals surface area contributed by atoms with Crippen molar-refractivity contribution in [3.63, 3.8) is 0 Å². The molecule has 0 aliphatic heterocycles. The van der Waals surface area contributed by atoms with Crippen LogP contribution in [0.25, 0.3) is 0 Å².